The van der Waals surface area contributed by atoms with E-state index in [4.69, 9.17) is 0 Å². The van der Waals surface area contributed by atoms with Gasteiger partial charge in [-0.3, -0.25) is 4.72 Å². The van der Waals surface area contributed by atoms with Gasteiger partial charge in [0.1, 0.15) is 0 Å². The molecule has 0 unspecified atom stereocenters. The van der Waals surface area contributed by atoms with E-state index in [1.807, 2.05) is 29.8 Å². The smallest absolute Gasteiger partial charge is 0.229 e. The third-order valence-electron chi connectivity index (χ3n) is 3.70. The molecule has 1 fully saturated rings. The molecule has 0 radical (unpaired) electrons. The van der Waals surface area contributed by atoms with Gasteiger partial charge in [0.2, 0.25) is 16.0 Å². The van der Waals surface area contributed by atoms with Crippen LogP contribution in [0.15, 0.2) is 35.8 Å². The molecule has 2 N–H and O–H groups in total. The number of fused-ring (bicyclic) bond motifs is 1. The summed E-state index contributed by atoms with van der Waals surface area (Å²) in [7, 11) is -3.30. The first kappa shape index (κ1) is 15.3. The predicted molar refractivity (Wildman–Crippen MR) is 98.0 cm³/mol. The van der Waals surface area contributed by atoms with Gasteiger partial charge in [0.25, 0.3) is 0 Å². The number of hydrogen-bond donors (Lipinski definition) is 2. The second-order valence-corrected chi connectivity index (χ2v) is 8.59. The number of sulfonamides is 1. The highest BCUT2D eigenvalue weighted by Crippen LogP contribution is 2.34. The number of aromatic nitrogens is 2. The van der Waals surface area contributed by atoms with Crippen molar-refractivity contribution in [2.75, 3.05) is 16.3 Å². The van der Waals surface area contributed by atoms with E-state index in [2.05, 4.69) is 20.0 Å². The molecule has 0 bridgehead atoms. The van der Waals surface area contributed by atoms with Crippen molar-refractivity contribution in [2.24, 2.45) is 0 Å². The Kier molecular flexibility index (Phi) is 3.65. The Bertz CT molecular complexity index is 1010. The molecule has 2 heterocycles. The zero-order chi connectivity index (χ0) is 16.7. The normalized spacial score (nSPS) is 14.7. The van der Waals surface area contributed by atoms with Crippen molar-refractivity contribution >= 4 is 43.2 Å². The van der Waals surface area contributed by atoms with Crippen LogP contribution in [0.1, 0.15) is 12.8 Å². The molecule has 1 aliphatic rings. The number of rotatable bonds is 5. The number of benzene rings is 1. The Morgan fingerprint density at radius 3 is 2.88 bits per heavy atom. The molecule has 1 aliphatic carbocycles. The van der Waals surface area contributed by atoms with Gasteiger partial charge in [-0.05, 0) is 30.5 Å². The van der Waals surface area contributed by atoms with Gasteiger partial charge in [0, 0.05) is 22.7 Å². The minimum atomic E-state index is -3.30. The molecular formula is C16H16N4O2S2. The van der Waals surface area contributed by atoms with Crippen molar-refractivity contribution in [3.8, 4) is 11.1 Å². The van der Waals surface area contributed by atoms with Crippen LogP contribution in [0.25, 0.3) is 21.3 Å². The van der Waals surface area contributed by atoms with Gasteiger partial charge in [-0.15, -0.1) is 11.3 Å². The Labute approximate surface area is 144 Å². The van der Waals surface area contributed by atoms with Gasteiger partial charge in [-0.1, -0.05) is 12.1 Å². The van der Waals surface area contributed by atoms with Crippen LogP contribution in [-0.4, -0.2) is 30.7 Å². The van der Waals surface area contributed by atoms with Crippen LogP contribution in [0.2, 0.25) is 0 Å². The van der Waals surface area contributed by atoms with E-state index in [1.54, 1.807) is 17.4 Å². The first-order valence-corrected chi connectivity index (χ1v) is 10.3. The number of nitrogens with zero attached hydrogens (tertiary/aromatic N) is 2. The van der Waals surface area contributed by atoms with E-state index in [1.165, 1.54) is 0 Å². The van der Waals surface area contributed by atoms with Crippen LogP contribution < -0.4 is 10.0 Å². The average molecular weight is 360 g/mol. The number of hydrogen-bond acceptors (Lipinski definition) is 6. The Morgan fingerprint density at radius 1 is 1.29 bits per heavy atom. The second-order valence-electron chi connectivity index (χ2n) is 5.93. The van der Waals surface area contributed by atoms with E-state index in [0.717, 1.165) is 40.4 Å². The number of thiophene rings is 1. The van der Waals surface area contributed by atoms with Gasteiger partial charge < -0.3 is 5.32 Å². The quantitative estimate of drug-likeness (QED) is 0.729. The van der Waals surface area contributed by atoms with Crippen LogP contribution in [0.5, 0.6) is 0 Å². The van der Waals surface area contributed by atoms with E-state index >= 15 is 0 Å². The maximum absolute atomic E-state index is 11.4. The molecule has 2 aromatic heterocycles. The predicted octanol–water partition coefficient (Wildman–Crippen LogP) is 3.30. The summed E-state index contributed by atoms with van der Waals surface area (Å²) in [5.41, 5.74) is 3.33. The molecule has 124 valence electrons. The third-order valence-corrected chi connectivity index (χ3v) is 5.21. The lowest BCUT2D eigenvalue weighted by molar-refractivity contribution is 0.607. The summed E-state index contributed by atoms with van der Waals surface area (Å²) in [6.45, 7) is 0. The molecule has 4 rings (SSSR count). The highest BCUT2D eigenvalue weighted by atomic mass is 32.2. The van der Waals surface area contributed by atoms with Crippen molar-refractivity contribution in [3.05, 3.63) is 35.8 Å². The van der Waals surface area contributed by atoms with E-state index in [9.17, 15) is 8.42 Å². The van der Waals surface area contributed by atoms with Crippen molar-refractivity contribution in [3.63, 3.8) is 0 Å². The van der Waals surface area contributed by atoms with Gasteiger partial charge in [-0.2, -0.15) is 0 Å². The second kappa shape index (κ2) is 5.71. The molecule has 0 amide bonds. The van der Waals surface area contributed by atoms with Gasteiger partial charge >= 0.3 is 0 Å². The van der Waals surface area contributed by atoms with Crippen molar-refractivity contribution in [2.45, 2.75) is 18.9 Å². The Hall–Kier alpha value is -2.19. The van der Waals surface area contributed by atoms with Gasteiger partial charge in [0.05, 0.1) is 22.7 Å². The largest absolute Gasteiger partial charge is 0.351 e. The van der Waals surface area contributed by atoms with E-state index < -0.39 is 10.0 Å². The summed E-state index contributed by atoms with van der Waals surface area (Å²) in [4.78, 5) is 9.00. The average Bonchev–Trinajstić information content (AvgIpc) is 3.22. The molecule has 24 heavy (non-hydrogen) atoms. The van der Waals surface area contributed by atoms with Crippen molar-refractivity contribution in [1.82, 2.24) is 9.97 Å². The van der Waals surface area contributed by atoms with Crippen molar-refractivity contribution < 1.29 is 8.42 Å². The maximum Gasteiger partial charge on any atom is 0.229 e. The third kappa shape index (κ3) is 3.34. The first-order chi connectivity index (χ1) is 11.5. The Balaban J connectivity index is 1.74. The minimum Gasteiger partial charge on any atom is -0.351 e. The summed E-state index contributed by atoms with van der Waals surface area (Å²) < 4.78 is 26.4. The highest BCUT2D eigenvalue weighted by molar-refractivity contribution is 7.92. The molecule has 0 spiro atoms. The molecule has 0 aliphatic heterocycles. The summed E-state index contributed by atoms with van der Waals surface area (Å²) in [5, 5.41) is 5.34. The summed E-state index contributed by atoms with van der Waals surface area (Å²) in [6.07, 6.45) is 5.30. The van der Waals surface area contributed by atoms with Crippen molar-refractivity contribution in [1.29, 1.82) is 0 Å². The van der Waals surface area contributed by atoms with Crippen LogP contribution in [0.4, 0.5) is 11.6 Å². The van der Waals surface area contributed by atoms with Crippen LogP contribution in [0.3, 0.4) is 0 Å². The zero-order valence-electron chi connectivity index (χ0n) is 13.0. The van der Waals surface area contributed by atoms with E-state index in [0.29, 0.717) is 17.7 Å². The number of anilines is 2. The molecule has 0 atom stereocenters. The van der Waals surface area contributed by atoms with E-state index in [-0.39, 0.29) is 0 Å². The lowest BCUT2D eigenvalue weighted by Gasteiger charge is -2.07. The molecule has 8 heteroatoms. The lowest BCUT2D eigenvalue weighted by Crippen LogP contribution is -2.09. The first-order valence-electron chi connectivity index (χ1n) is 7.57. The van der Waals surface area contributed by atoms with Crippen LogP contribution in [0, 0.1) is 0 Å². The monoisotopic (exact) mass is 360 g/mol. The SMILES string of the molecule is CS(=O)(=O)Nc1cccc(-c2csc3cnc(NC4CC4)nc23)c1. The standard InChI is InChI=1S/C16H16N4O2S2/c1-24(21,22)20-12-4-2-3-10(7-12)13-9-23-14-8-17-16(19-15(13)14)18-11-5-6-11/h2-4,7-9,11,20H,5-6H2,1H3,(H,17,18,19). The summed E-state index contributed by atoms with van der Waals surface area (Å²) >= 11 is 1.58. The fourth-order valence-electron chi connectivity index (χ4n) is 2.48. The fraction of sp³-hybridized carbons (Fsp3) is 0.250. The minimum absolute atomic E-state index is 0.492. The van der Waals surface area contributed by atoms with Gasteiger partial charge in [0.15, 0.2) is 0 Å². The van der Waals surface area contributed by atoms with Gasteiger partial charge in [-0.25, -0.2) is 18.4 Å². The zero-order valence-corrected chi connectivity index (χ0v) is 14.6. The maximum atomic E-state index is 11.4. The lowest BCUT2D eigenvalue weighted by atomic mass is 10.1. The highest BCUT2D eigenvalue weighted by Gasteiger charge is 2.22. The fourth-order valence-corrected chi connectivity index (χ4v) is 3.91. The topological polar surface area (TPSA) is 84.0 Å². The summed E-state index contributed by atoms with van der Waals surface area (Å²) in [6, 6.07) is 7.82. The Morgan fingerprint density at radius 2 is 2.12 bits per heavy atom. The number of nitrogens with one attached hydrogen (secondary N) is 2. The van der Waals surface area contributed by atoms with Crippen LogP contribution >= 0.6 is 11.3 Å². The molecule has 6 nitrogen and oxygen atoms in total. The molecule has 0 saturated heterocycles. The molecule has 1 saturated carbocycles. The van der Waals surface area contributed by atoms with Crippen LogP contribution in [-0.2, 0) is 10.0 Å². The summed E-state index contributed by atoms with van der Waals surface area (Å²) in [5.74, 6) is 0.648. The molecule has 1 aromatic carbocycles. The molecular weight excluding hydrogens is 344 g/mol. The molecule has 3 aromatic rings.